The van der Waals surface area contributed by atoms with Gasteiger partial charge in [-0.05, 0) is 6.54 Å². The van der Waals surface area contributed by atoms with Gasteiger partial charge in [0.25, 0.3) is 0 Å². The standard InChI is InChI=1S/C7H11NO6/c1-2-8(3-4(9)10)5(6(11)12)7(13)14/h5H,2-3H2,1H3,(H,9,10)(H,11,12)(H,13,14). The summed E-state index contributed by atoms with van der Waals surface area (Å²) in [7, 11) is 0. The van der Waals surface area contributed by atoms with Crippen LogP contribution in [0, 0.1) is 0 Å². The zero-order chi connectivity index (χ0) is 11.3. The summed E-state index contributed by atoms with van der Waals surface area (Å²) in [6, 6.07) is -1.81. The third-order valence-electron chi connectivity index (χ3n) is 1.58. The molecular formula is C7H11NO6. The van der Waals surface area contributed by atoms with E-state index in [1.54, 1.807) is 0 Å². The maximum atomic E-state index is 10.5. The minimum absolute atomic E-state index is 0.0373. The Hall–Kier alpha value is -1.63. The summed E-state index contributed by atoms with van der Waals surface area (Å²) < 4.78 is 0. The van der Waals surface area contributed by atoms with Gasteiger partial charge in [-0.3, -0.25) is 9.69 Å². The van der Waals surface area contributed by atoms with Crippen molar-refractivity contribution in [2.75, 3.05) is 13.1 Å². The first-order valence-corrected chi connectivity index (χ1v) is 3.81. The summed E-state index contributed by atoms with van der Waals surface area (Å²) in [4.78, 5) is 32.1. The molecular weight excluding hydrogens is 194 g/mol. The predicted octanol–water partition coefficient (Wildman–Crippen LogP) is -1.07. The zero-order valence-corrected chi connectivity index (χ0v) is 7.51. The topological polar surface area (TPSA) is 115 Å². The predicted molar refractivity (Wildman–Crippen MR) is 43.9 cm³/mol. The Morgan fingerprint density at radius 1 is 1.14 bits per heavy atom. The third kappa shape index (κ3) is 3.40. The Bertz CT molecular complexity index is 237. The number of carboxylic acid groups (broad SMARTS) is 3. The molecule has 0 heterocycles. The molecule has 0 aliphatic heterocycles. The number of hydrogen-bond acceptors (Lipinski definition) is 4. The number of carbonyl (C=O) groups is 3. The Labute approximate surface area is 79.6 Å². The SMILES string of the molecule is CCN(CC(=O)O)C(C(=O)O)C(=O)O. The lowest BCUT2D eigenvalue weighted by atomic mass is 10.2. The average molecular weight is 205 g/mol. The maximum absolute atomic E-state index is 10.5. The van der Waals surface area contributed by atoms with Gasteiger partial charge in [0.2, 0.25) is 6.04 Å². The molecule has 0 spiro atoms. The molecule has 80 valence electrons. The first-order chi connectivity index (χ1) is 6.40. The number of carboxylic acids is 3. The van der Waals surface area contributed by atoms with Gasteiger partial charge in [0.1, 0.15) is 0 Å². The molecule has 0 aromatic heterocycles. The molecule has 0 bridgehead atoms. The van der Waals surface area contributed by atoms with Gasteiger partial charge in [0.05, 0.1) is 6.54 Å². The lowest BCUT2D eigenvalue weighted by Gasteiger charge is -2.21. The summed E-state index contributed by atoms with van der Waals surface area (Å²) in [6.45, 7) is 0.914. The van der Waals surface area contributed by atoms with Crippen molar-refractivity contribution in [3.05, 3.63) is 0 Å². The first kappa shape index (κ1) is 12.4. The van der Waals surface area contributed by atoms with Crippen molar-refractivity contribution in [3.8, 4) is 0 Å². The lowest BCUT2D eigenvalue weighted by molar-refractivity contribution is -0.157. The third-order valence-corrected chi connectivity index (χ3v) is 1.58. The molecule has 0 fully saturated rings. The van der Waals surface area contributed by atoms with Crippen molar-refractivity contribution >= 4 is 17.9 Å². The van der Waals surface area contributed by atoms with Gasteiger partial charge in [-0.2, -0.15) is 0 Å². The second kappa shape index (κ2) is 5.18. The fourth-order valence-electron chi connectivity index (χ4n) is 0.977. The normalized spacial score (nSPS) is 10.5. The molecule has 0 saturated carbocycles. The van der Waals surface area contributed by atoms with Crippen LogP contribution in [0.2, 0.25) is 0 Å². The van der Waals surface area contributed by atoms with Gasteiger partial charge < -0.3 is 15.3 Å². The second-order valence-electron chi connectivity index (χ2n) is 2.54. The van der Waals surface area contributed by atoms with Gasteiger partial charge in [-0.15, -0.1) is 0 Å². The molecule has 0 rings (SSSR count). The second-order valence-corrected chi connectivity index (χ2v) is 2.54. The Morgan fingerprint density at radius 3 is 1.79 bits per heavy atom. The molecule has 0 unspecified atom stereocenters. The van der Waals surface area contributed by atoms with Crippen LogP contribution >= 0.6 is 0 Å². The maximum Gasteiger partial charge on any atom is 0.332 e. The molecule has 7 nitrogen and oxygen atoms in total. The molecule has 0 atom stereocenters. The number of rotatable bonds is 6. The quantitative estimate of drug-likeness (QED) is 0.473. The van der Waals surface area contributed by atoms with Crippen LogP contribution in [0.15, 0.2) is 0 Å². The summed E-state index contributed by atoms with van der Waals surface area (Å²) in [6.07, 6.45) is 0. The molecule has 7 heteroatoms. The Balaban J connectivity index is 4.67. The van der Waals surface area contributed by atoms with Crippen LogP contribution < -0.4 is 0 Å². The van der Waals surface area contributed by atoms with E-state index >= 15 is 0 Å². The van der Waals surface area contributed by atoms with E-state index in [2.05, 4.69) is 0 Å². The minimum atomic E-state index is -1.81. The molecule has 0 aliphatic rings. The van der Waals surface area contributed by atoms with Crippen LogP contribution in [0.3, 0.4) is 0 Å². The number of nitrogens with zero attached hydrogens (tertiary/aromatic N) is 1. The van der Waals surface area contributed by atoms with Crippen molar-refractivity contribution < 1.29 is 29.7 Å². The van der Waals surface area contributed by atoms with Crippen LogP contribution in [-0.4, -0.2) is 57.3 Å². The van der Waals surface area contributed by atoms with Crippen molar-refractivity contribution in [1.82, 2.24) is 4.90 Å². The van der Waals surface area contributed by atoms with Gasteiger partial charge >= 0.3 is 17.9 Å². The minimum Gasteiger partial charge on any atom is -0.480 e. The number of hydrogen-bond donors (Lipinski definition) is 3. The van der Waals surface area contributed by atoms with Crippen molar-refractivity contribution in [3.63, 3.8) is 0 Å². The zero-order valence-electron chi connectivity index (χ0n) is 7.51. The van der Waals surface area contributed by atoms with E-state index in [0.29, 0.717) is 0 Å². The number of aliphatic carboxylic acids is 3. The van der Waals surface area contributed by atoms with Crippen LogP contribution in [0.5, 0.6) is 0 Å². The summed E-state index contributed by atoms with van der Waals surface area (Å²) in [5.74, 6) is -4.40. The van der Waals surface area contributed by atoms with E-state index in [4.69, 9.17) is 15.3 Å². The van der Waals surface area contributed by atoms with Gasteiger partial charge in [0.15, 0.2) is 0 Å². The molecule has 0 radical (unpaired) electrons. The highest BCUT2D eigenvalue weighted by atomic mass is 16.4. The first-order valence-electron chi connectivity index (χ1n) is 3.81. The molecule has 0 aromatic carbocycles. The summed E-state index contributed by atoms with van der Waals surface area (Å²) >= 11 is 0. The Morgan fingerprint density at radius 2 is 1.57 bits per heavy atom. The van der Waals surface area contributed by atoms with E-state index in [1.165, 1.54) is 6.92 Å². The monoisotopic (exact) mass is 205 g/mol. The highest BCUT2D eigenvalue weighted by molar-refractivity contribution is 5.97. The lowest BCUT2D eigenvalue weighted by Crippen LogP contribution is -2.48. The van der Waals surface area contributed by atoms with Gasteiger partial charge in [-0.25, -0.2) is 9.59 Å². The van der Waals surface area contributed by atoms with E-state index < -0.39 is 30.5 Å². The number of likely N-dealkylation sites (N-methyl/N-ethyl adjacent to an activating group) is 1. The fourth-order valence-corrected chi connectivity index (χ4v) is 0.977. The average Bonchev–Trinajstić information content (AvgIpc) is 2.00. The van der Waals surface area contributed by atoms with Crippen molar-refractivity contribution in [1.29, 1.82) is 0 Å². The van der Waals surface area contributed by atoms with Gasteiger partial charge in [-0.1, -0.05) is 6.92 Å². The summed E-state index contributed by atoms with van der Waals surface area (Å²) in [5.41, 5.74) is 0. The smallest absolute Gasteiger partial charge is 0.332 e. The molecule has 0 saturated heterocycles. The van der Waals surface area contributed by atoms with E-state index in [1.807, 2.05) is 0 Å². The van der Waals surface area contributed by atoms with Crippen molar-refractivity contribution in [2.24, 2.45) is 0 Å². The molecule has 0 amide bonds. The van der Waals surface area contributed by atoms with Gasteiger partial charge in [0, 0.05) is 0 Å². The van der Waals surface area contributed by atoms with Crippen LogP contribution in [0.1, 0.15) is 6.92 Å². The van der Waals surface area contributed by atoms with E-state index in [-0.39, 0.29) is 6.54 Å². The fraction of sp³-hybridized carbons (Fsp3) is 0.571. The molecule has 14 heavy (non-hydrogen) atoms. The largest absolute Gasteiger partial charge is 0.480 e. The highest BCUT2D eigenvalue weighted by Crippen LogP contribution is 2.00. The van der Waals surface area contributed by atoms with E-state index in [0.717, 1.165) is 4.90 Å². The molecule has 0 aliphatic carbocycles. The highest BCUT2D eigenvalue weighted by Gasteiger charge is 2.32. The van der Waals surface area contributed by atoms with Crippen LogP contribution in [0.4, 0.5) is 0 Å². The summed E-state index contributed by atoms with van der Waals surface area (Å²) in [5, 5.41) is 25.5. The van der Waals surface area contributed by atoms with Crippen LogP contribution in [0.25, 0.3) is 0 Å². The van der Waals surface area contributed by atoms with Crippen molar-refractivity contribution in [2.45, 2.75) is 13.0 Å². The molecule has 0 aromatic rings. The Kier molecular flexibility index (Phi) is 4.57. The van der Waals surface area contributed by atoms with E-state index in [9.17, 15) is 14.4 Å². The molecule has 3 N–H and O–H groups in total. The van der Waals surface area contributed by atoms with Crippen LogP contribution in [-0.2, 0) is 14.4 Å².